The van der Waals surface area contributed by atoms with Crippen molar-refractivity contribution in [2.75, 3.05) is 31.2 Å². The van der Waals surface area contributed by atoms with Gasteiger partial charge in [0.25, 0.3) is 0 Å². The minimum atomic E-state index is -0.142. The van der Waals surface area contributed by atoms with E-state index in [0.29, 0.717) is 11.6 Å². The van der Waals surface area contributed by atoms with Gasteiger partial charge in [-0.3, -0.25) is 4.79 Å². The number of hydrogen-bond acceptors (Lipinski definition) is 3. The van der Waals surface area contributed by atoms with Crippen LogP contribution in [0.5, 0.6) is 0 Å². The van der Waals surface area contributed by atoms with Crippen molar-refractivity contribution in [3.63, 3.8) is 0 Å². The van der Waals surface area contributed by atoms with Gasteiger partial charge in [0.15, 0.2) is 0 Å². The number of benzene rings is 2. The average molecular weight is 357 g/mol. The van der Waals surface area contributed by atoms with Crippen LogP contribution in [0.1, 0.15) is 11.1 Å². The second kappa shape index (κ2) is 8.70. The monoisotopic (exact) mass is 356 g/mol. The summed E-state index contributed by atoms with van der Waals surface area (Å²) in [5.41, 5.74) is 3.09. The van der Waals surface area contributed by atoms with Crippen LogP contribution in [-0.2, 0) is 16.1 Å². The fraction of sp³-hybridized carbons (Fsp3) is 0.250. The number of hydrogen-bond donors (Lipinski definition) is 1. The molecule has 1 fully saturated rings. The van der Waals surface area contributed by atoms with E-state index in [2.05, 4.69) is 22.3 Å². The van der Waals surface area contributed by atoms with Crippen LogP contribution in [0.4, 0.5) is 5.69 Å². The molecule has 2 aromatic rings. The topological polar surface area (TPSA) is 41.6 Å². The third kappa shape index (κ3) is 5.08. The number of anilines is 1. The number of rotatable bonds is 5. The SMILES string of the molecule is O=C(/C=C/c1ccccc1Cl)NCc1ccc(N2CCOCC2)cc1. The third-order valence-electron chi connectivity index (χ3n) is 4.10. The van der Waals surface area contributed by atoms with Crippen molar-refractivity contribution in [2.24, 2.45) is 0 Å². The second-order valence-corrected chi connectivity index (χ2v) is 6.25. The third-order valence-corrected chi connectivity index (χ3v) is 4.44. The van der Waals surface area contributed by atoms with Crippen LogP contribution in [0, 0.1) is 0 Å². The lowest BCUT2D eigenvalue weighted by atomic mass is 10.2. The van der Waals surface area contributed by atoms with E-state index in [4.69, 9.17) is 16.3 Å². The maximum atomic E-state index is 12.0. The summed E-state index contributed by atoms with van der Waals surface area (Å²) in [6.45, 7) is 3.88. The molecular weight excluding hydrogens is 336 g/mol. The quantitative estimate of drug-likeness (QED) is 0.833. The van der Waals surface area contributed by atoms with Crippen LogP contribution in [0.2, 0.25) is 5.02 Å². The molecule has 1 aliphatic heterocycles. The molecule has 2 aromatic carbocycles. The van der Waals surface area contributed by atoms with Gasteiger partial charge in [0.1, 0.15) is 0 Å². The number of carbonyl (C=O) groups is 1. The van der Waals surface area contributed by atoms with Crippen molar-refractivity contribution in [3.8, 4) is 0 Å². The molecule has 0 unspecified atom stereocenters. The van der Waals surface area contributed by atoms with Gasteiger partial charge >= 0.3 is 0 Å². The first-order valence-corrected chi connectivity index (χ1v) is 8.72. The Labute approximate surface area is 153 Å². The summed E-state index contributed by atoms with van der Waals surface area (Å²) in [5, 5.41) is 3.52. The lowest BCUT2D eigenvalue weighted by Crippen LogP contribution is -2.36. The van der Waals surface area contributed by atoms with Gasteiger partial charge in [0.05, 0.1) is 13.2 Å². The maximum absolute atomic E-state index is 12.0. The first kappa shape index (κ1) is 17.5. The molecule has 130 valence electrons. The predicted octanol–water partition coefficient (Wildman–Crippen LogP) is 3.51. The zero-order chi connectivity index (χ0) is 17.5. The van der Waals surface area contributed by atoms with Gasteiger partial charge in [-0.1, -0.05) is 41.9 Å². The highest BCUT2D eigenvalue weighted by Gasteiger charge is 2.10. The molecule has 1 heterocycles. The molecule has 4 nitrogen and oxygen atoms in total. The zero-order valence-corrected chi connectivity index (χ0v) is 14.7. The Morgan fingerprint density at radius 3 is 2.56 bits per heavy atom. The van der Waals surface area contributed by atoms with Crippen molar-refractivity contribution in [1.82, 2.24) is 5.32 Å². The van der Waals surface area contributed by atoms with Crippen LogP contribution < -0.4 is 10.2 Å². The van der Waals surface area contributed by atoms with E-state index in [0.717, 1.165) is 37.4 Å². The number of nitrogens with zero attached hydrogens (tertiary/aromatic N) is 1. The standard InChI is InChI=1S/C20H21ClN2O2/c21-19-4-2-1-3-17(19)7-10-20(24)22-15-16-5-8-18(9-6-16)23-11-13-25-14-12-23/h1-10H,11-15H2,(H,22,24)/b10-7+. The van der Waals surface area contributed by atoms with Gasteiger partial charge < -0.3 is 15.0 Å². The second-order valence-electron chi connectivity index (χ2n) is 5.84. The van der Waals surface area contributed by atoms with Crippen molar-refractivity contribution >= 4 is 29.3 Å². The first-order valence-electron chi connectivity index (χ1n) is 8.34. The van der Waals surface area contributed by atoms with E-state index in [1.165, 1.54) is 11.8 Å². The number of ether oxygens (including phenoxy) is 1. The molecule has 5 heteroatoms. The molecule has 3 rings (SSSR count). The van der Waals surface area contributed by atoms with Gasteiger partial charge in [0.2, 0.25) is 5.91 Å². The van der Waals surface area contributed by atoms with Crippen molar-refractivity contribution in [3.05, 3.63) is 70.8 Å². The molecule has 1 saturated heterocycles. The van der Waals surface area contributed by atoms with Gasteiger partial charge in [0, 0.05) is 36.4 Å². The molecule has 1 N–H and O–H groups in total. The Bertz CT molecular complexity index is 738. The molecule has 0 spiro atoms. The molecule has 1 aliphatic rings. The Kier molecular flexibility index (Phi) is 6.09. The summed E-state index contributed by atoms with van der Waals surface area (Å²) in [4.78, 5) is 14.3. The van der Waals surface area contributed by atoms with Gasteiger partial charge in [-0.2, -0.15) is 0 Å². The van der Waals surface area contributed by atoms with E-state index in [1.807, 2.05) is 30.3 Å². The smallest absolute Gasteiger partial charge is 0.244 e. The summed E-state index contributed by atoms with van der Waals surface area (Å²) in [7, 11) is 0. The van der Waals surface area contributed by atoms with Crippen molar-refractivity contribution < 1.29 is 9.53 Å². The predicted molar refractivity (Wildman–Crippen MR) is 102 cm³/mol. The summed E-state index contributed by atoms with van der Waals surface area (Å²) in [5.74, 6) is -0.142. The van der Waals surface area contributed by atoms with Gasteiger partial charge in [-0.15, -0.1) is 0 Å². The molecule has 0 saturated carbocycles. The van der Waals surface area contributed by atoms with Gasteiger partial charge in [-0.05, 0) is 35.4 Å². The fourth-order valence-electron chi connectivity index (χ4n) is 2.67. The molecule has 0 aromatic heterocycles. The normalized spacial score (nSPS) is 14.7. The largest absolute Gasteiger partial charge is 0.378 e. The number of carbonyl (C=O) groups excluding carboxylic acids is 1. The van der Waals surface area contributed by atoms with Crippen LogP contribution in [0.15, 0.2) is 54.6 Å². The summed E-state index contributed by atoms with van der Waals surface area (Å²) < 4.78 is 5.37. The number of morpholine rings is 1. The minimum Gasteiger partial charge on any atom is -0.378 e. The highest BCUT2D eigenvalue weighted by atomic mass is 35.5. The fourth-order valence-corrected chi connectivity index (χ4v) is 2.87. The van der Waals surface area contributed by atoms with Crippen LogP contribution >= 0.6 is 11.6 Å². The Balaban J connectivity index is 1.51. The summed E-state index contributed by atoms with van der Waals surface area (Å²) >= 11 is 6.06. The zero-order valence-electron chi connectivity index (χ0n) is 14.0. The lowest BCUT2D eigenvalue weighted by molar-refractivity contribution is -0.116. The Hall–Kier alpha value is -2.30. The summed E-state index contributed by atoms with van der Waals surface area (Å²) in [6.07, 6.45) is 3.22. The molecule has 0 atom stereocenters. The van der Waals surface area contributed by atoms with E-state index in [9.17, 15) is 4.79 Å². The lowest BCUT2D eigenvalue weighted by Gasteiger charge is -2.28. The number of halogens is 1. The molecule has 25 heavy (non-hydrogen) atoms. The van der Waals surface area contributed by atoms with E-state index in [1.54, 1.807) is 12.1 Å². The molecule has 0 bridgehead atoms. The van der Waals surface area contributed by atoms with Gasteiger partial charge in [-0.25, -0.2) is 0 Å². The molecule has 0 aliphatic carbocycles. The van der Waals surface area contributed by atoms with Crippen LogP contribution in [0.25, 0.3) is 6.08 Å². The first-order chi connectivity index (χ1) is 12.2. The maximum Gasteiger partial charge on any atom is 0.244 e. The highest BCUT2D eigenvalue weighted by molar-refractivity contribution is 6.32. The van der Waals surface area contributed by atoms with E-state index >= 15 is 0 Å². The van der Waals surface area contributed by atoms with E-state index in [-0.39, 0.29) is 5.91 Å². The summed E-state index contributed by atoms with van der Waals surface area (Å²) in [6, 6.07) is 15.7. The Morgan fingerprint density at radius 2 is 1.84 bits per heavy atom. The Morgan fingerprint density at radius 1 is 1.12 bits per heavy atom. The number of amides is 1. The van der Waals surface area contributed by atoms with Crippen LogP contribution in [0.3, 0.4) is 0 Å². The highest BCUT2D eigenvalue weighted by Crippen LogP contribution is 2.17. The number of nitrogens with one attached hydrogen (secondary N) is 1. The van der Waals surface area contributed by atoms with E-state index < -0.39 is 0 Å². The minimum absolute atomic E-state index is 0.142. The van der Waals surface area contributed by atoms with Crippen LogP contribution in [-0.4, -0.2) is 32.2 Å². The van der Waals surface area contributed by atoms with Crippen molar-refractivity contribution in [2.45, 2.75) is 6.54 Å². The average Bonchev–Trinajstić information content (AvgIpc) is 2.67. The molecule has 0 radical (unpaired) electrons. The molecular formula is C20H21ClN2O2. The molecule has 1 amide bonds. The van der Waals surface area contributed by atoms with Crippen molar-refractivity contribution in [1.29, 1.82) is 0 Å².